The molecule has 0 aliphatic carbocycles. The lowest BCUT2D eigenvalue weighted by atomic mass is 10.3. The summed E-state index contributed by atoms with van der Waals surface area (Å²) in [7, 11) is 0. The van der Waals surface area contributed by atoms with Crippen LogP contribution >= 0.6 is 34.5 Å². The highest BCUT2D eigenvalue weighted by Crippen LogP contribution is 2.28. The number of pyridine rings is 1. The number of halogens is 2. The molecule has 1 amide bonds. The Morgan fingerprint density at radius 1 is 1.25 bits per heavy atom. The van der Waals surface area contributed by atoms with Gasteiger partial charge >= 0.3 is 0 Å². The van der Waals surface area contributed by atoms with Gasteiger partial charge in [0.15, 0.2) is 11.6 Å². The first-order valence-electron chi connectivity index (χ1n) is 6.73. The number of carbonyl (C=O) groups is 1. The number of hydrogen-bond donors (Lipinski definition) is 1. The summed E-state index contributed by atoms with van der Waals surface area (Å²) in [6, 6.07) is 8.44. The van der Waals surface area contributed by atoms with E-state index in [1.807, 2.05) is 6.07 Å². The highest BCUT2D eigenvalue weighted by molar-refractivity contribution is 7.18. The molecule has 0 bridgehead atoms. The number of rotatable bonds is 5. The van der Waals surface area contributed by atoms with E-state index in [0.717, 1.165) is 5.56 Å². The Hall–Kier alpha value is -2.22. The van der Waals surface area contributed by atoms with Crippen molar-refractivity contribution in [2.24, 2.45) is 0 Å². The van der Waals surface area contributed by atoms with Gasteiger partial charge in [0.1, 0.15) is 5.75 Å². The van der Waals surface area contributed by atoms with Gasteiger partial charge in [0.25, 0.3) is 5.91 Å². The molecule has 0 fully saturated rings. The van der Waals surface area contributed by atoms with E-state index in [1.54, 1.807) is 36.7 Å². The Labute approximate surface area is 151 Å². The average Bonchev–Trinajstić information content (AvgIpc) is 3.03. The molecular formula is C15H10Cl2N4O2S. The van der Waals surface area contributed by atoms with Gasteiger partial charge < -0.3 is 4.74 Å². The third-order valence-electron chi connectivity index (χ3n) is 2.83. The van der Waals surface area contributed by atoms with Crippen molar-refractivity contribution < 1.29 is 9.53 Å². The van der Waals surface area contributed by atoms with Crippen LogP contribution in [0.4, 0.5) is 5.13 Å². The van der Waals surface area contributed by atoms with Crippen LogP contribution in [0.25, 0.3) is 10.6 Å². The fraction of sp³-hybridized carbons (Fsp3) is 0.0667. The molecule has 2 heterocycles. The molecule has 9 heteroatoms. The van der Waals surface area contributed by atoms with Crippen LogP contribution in [0.3, 0.4) is 0 Å². The number of hydrogen-bond acceptors (Lipinski definition) is 6. The second kappa shape index (κ2) is 7.57. The largest absolute Gasteiger partial charge is 0.482 e. The molecule has 0 atom stereocenters. The van der Waals surface area contributed by atoms with Crippen LogP contribution in [-0.4, -0.2) is 27.7 Å². The summed E-state index contributed by atoms with van der Waals surface area (Å²) >= 11 is 13.0. The Kier molecular flexibility index (Phi) is 5.24. The molecule has 1 N–H and O–H groups in total. The molecule has 1 aromatic carbocycles. The zero-order valence-electron chi connectivity index (χ0n) is 12.1. The minimum absolute atomic E-state index is 0.205. The first-order valence-corrected chi connectivity index (χ1v) is 8.30. The van der Waals surface area contributed by atoms with Gasteiger partial charge in [-0.3, -0.25) is 15.1 Å². The lowest BCUT2D eigenvalue weighted by Gasteiger charge is -2.07. The van der Waals surface area contributed by atoms with Gasteiger partial charge in [0.2, 0.25) is 5.13 Å². The van der Waals surface area contributed by atoms with Gasteiger partial charge in [-0.2, -0.15) is 0 Å². The van der Waals surface area contributed by atoms with Crippen molar-refractivity contribution in [1.29, 1.82) is 0 Å². The molecule has 0 aliphatic rings. The Bertz CT molecular complexity index is 858. The van der Waals surface area contributed by atoms with Gasteiger partial charge in [-0.1, -0.05) is 34.5 Å². The van der Waals surface area contributed by atoms with Crippen LogP contribution in [0.2, 0.25) is 10.0 Å². The molecule has 0 aliphatic heterocycles. The summed E-state index contributed by atoms with van der Waals surface area (Å²) in [6.07, 6.45) is 3.35. The van der Waals surface area contributed by atoms with Crippen LogP contribution in [-0.2, 0) is 4.79 Å². The van der Waals surface area contributed by atoms with Crippen molar-refractivity contribution in [3.05, 3.63) is 52.8 Å². The summed E-state index contributed by atoms with van der Waals surface area (Å²) < 4.78 is 5.36. The summed E-state index contributed by atoms with van der Waals surface area (Å²) in [5.74, 6) is 0.0134. The predicted octanol–water partition coefficient (Wildman–Crippen LogP) is 3.92. The molecule has 3 aromatic rings. The number of ether oxygens (including phenoxy) is 1. The van der Waals surface area contributed by atoms with E-state index < -0.39 is 0 Å². The maximum absolute atomic E-state index is 11.9. The maximum Gasteiger partial charge on any atom is 0.264 e. The molecule has 0 spiro atoms. The van der Waals surface area contributed by atoms with E-state index in [2.05, 4.69) is 20.5 Å². The molecule has 0 saturated heterocycles. The zero-order chi connectivity index (χ0) is 16.9. The fourth-order valence-electron chi connectivity index (χ4n) is 1.77. The van der Waals surface area contributed by atoms with Gasteiger partial charge in [-0.05, 0) is 30.3 Å². The summed E-state index contributed by atoms with van der Waals surface area (Å²) in [5.41, 5.74) is 0.833. The SMILES string of the molecule is O=C(COc1ccc(Cl)cc1Cl)Nc1nnc(-c2cccnc2)s1. The minimum Gasteiger partial charge on any atom is -0.482 e. The van der Waals surface area contributed by atoms with Crippen molar-refractivity contribution >= 4 is 45.6 Å². The number of benzene rings is 1. The van der Waals surface area contributed by atoms with Gasteiger partial charge in [0.05, 0.1) is 5.02 Å². The standard InChI is InChI=1S/C15H10Cl2N4O2S/c16-10-3-4-12(11(17)6-10)23-8-13(22)19-15-21-20-14(24-15)9-2-1-5-18-7-9/h1-7H,8H2,(H,19,21,22). The van der Waals surface area contributed by atoms with E-state index in [1.165, 1.54) is 11.3 Å². The summed E-state index contributed by atoms with van der Waals surface area (Å²) in [5, 5.41) is 12.4. The number of amides is 1. The van der Waals surface area contributed by atoms with E-state index in [9.17, 15) is 4.79 Å². The number of aromatic nitrogens is 3. The average molecular weight is 381 g/mol. The van der Waals surface area contributed by atoms with Gasteiger partial charge in [-0.25, -0.2) is 0 Å². The predicted molar refractivity (Wildman–Crippen MR) is 93.7 cm³/mol. The Balaban J connectivity index is 1.58. The highest BCUT2D eigenvalue weighted by Gasteiger charge is 2.11. The molecule has 24 heavy (non-hydrogen) atoms. The molecule has 0 radical (unpaired) electrons. The molecular weight excluding hydrogens is 371 g/mol. The Morgan fingerprint density at radius 2 is 2.12 bits per heavy atom. The van der Waals surface area contributed by atoms with Crippen molar-refractivity contribution in [2.75, 3.05) is 11.9 Å². The fourth-order valence-corrected chi connectivity index (χ4v) is 2.98. The first kappa shape index (κ1) is 16.6. The van der Waals surface area contributed by atoms with Crippen molar-refractivity contribution in [3.8, 4) is 16.3 Å². The van der Waals surface area contributed by atoms with Crippen molar-refractivity contribution in [2.45, 2.75) is 0 Å². The van der Waals surface area contributed by atoms with Crippen LogP contribution in [0.5, 0.6) is 5.75 Å². The van der Waals surface area contributed by atoms with Crippen LogP contribution in [0, 0.1) is 0 Å². The maximum atomic E-state index is 11.9. The lowest BCUT2D eigenvalue weighted by Crippen LogP contribution is -2.20. The quantitative estimate of drug-likeness (QED) is 0.725. The second-order valence-electron chi connectivity index (χ2n) is 4.57. The van der Waals surface area contributed by atoms with E-state index in [0.29, 0.717) is 25.9 Å². The molecule has 3 rings (SSSR count). The zero-order valence-corrected chi connectivity index (χ0v) is 14.4. The first-order chi connectivity index (χ1) is 11.6. The number of nitrogens with zero attached hydrogens (tertiary/aromatic N) is 3. The molecule has 0 saturated carbocycles. The second-order valence-corrected chi connectivity index (χ2v) is 6.39. The molecule has 0 unspecified atom stereocenters. The molecule has 122 valence electrons. The monoisotopic (exact) mass is 380 g/mol. The lowest BCUT2D eigenvalue weighted by molar-refractivity contribution is -0.118. The normalized spacial score (nSPS) is 10.4. The van der Waals surface area contributed by atoms with E-state index >= 15 is 0 Å². The highest BCUT2D eigenvalue weighted by atomic mass is 35.5. The molecule has 6 nitrogen and oxygen atoms in total. The molecule has 2 aromatic heterocycles. The summed E-state index contributed by atoms with van der Waals surface area (Å²) in [4.78, 5) is 15.9. The van der Waals surface area contributed by atoms with Crippen molar-refractivity contribution in [3.63, 3.8) is 0 Å². The third kappa shape index (κ3) is 4.19. The van der Waals surface area contributed by atoms with Crippen LogP contribution < -0.4 is 10.1 Å². The van der Waals surface area contributed by atoms with E-state index in [-0.39, 0.29) is 12.5 Å². The third-order valence-corrected chi connectivity index (χ3v) is 4.25. The minimum atomic E-state index is -0.366. The summed E-state index contributed by atoms with van der Waals surface area (Å²) in [6.45, 7) is -0.205. The van der Waals surface area contributed by atoms with Crippen LogP contribution in [0.1, 0.15) is 0 Å². The van der Waals surface area contributed by atoms with E-state index in [4.69, 9.17) is 27.9 Å². The number of anilines is 1. The smallest absolute Gasteiger partial charge is 0.264 e. The number of carbonyl (C=O) groups excluding carboxylic acids is 1. The Morgan fingerprint density at radius 3 is 2.88 bits per heavy atom. The van der Waals surface area contributed by atoms with Gasteiger partial charge in [0, 0.05) is 23.0 Å². The topological polar surface area (TPSA) is 77.0 Å². The van der Waals surface area contributed by atoms with Crippen LogP contribution in [0.15, 0.2) is 42.7 Å². The number of nitrogens with one attached hydrogen (secondary N) is 1. The van der Waals surface area contributed by atoms with Crippen molar-refractivity contribution in [1.82, 2.24) is 15.2 Å². The van der Waals surface area contributed by atoms with Gasteiger partial charge in [-0.15, -0.1) is 10.2 Å².